The Labute approximate surface area is 76.4 Å². The molecule has 0 radical (unpaired) electrons. The summed E-state index contributed by atoms with van der Waals surface area (Å²) in [5.74, 6) is 0. The normalized spacial score (nSPS) is 11.5. The minimum absolute atomic E-state index is 0.768. The van der Waals surface area contributed by atoms with Crippen molar-refractivity contribution in [1.29, 1.82) is 0 Å². The van der Waals surface area contributed by atoms with Gasteiger partial charge in [-0.25, -0.2) is 0 Å². The molecule has 0 saturated heterocycles. The van der Waals surface area contributed by atoms with Gasteiger partial charge in [-0.3, -0.25) is 0 Å². The molecule has 0 aliphatic carbocycles. The molecule has 0 atom stereocenters. The van der Waals surface area contributed by atoms with E-state index in [1.807, 2.05) is 0 Å². The zero-order valence-corrected chi connectivity index (χ0v) is 9.77. The second-order valence-corrected chi connectivity index (χ2v) is 8.36. The van der Waals surface area contributed by atoms with Gasteiger partial charge in [-0.1, -0.05) is 0 Å². The zero-order valence-electron chi connectivity index (χ0n) is 7.61. The Balaban J connectivity index is 3.21. The topological polar surface area (TPSA) is 0 Å². The van der Waals surface area contributed by atoms with E-state index in [9.17, 15) is 0 Å². The summed E-state index contributed by atoms with van der Waals surface area (Å²) in [7, 11) is 0. The van der Waals surface area contributed by atoms with Gasteiger partial charge in [-0.05, 0) is 0 Å². The molecule has 0 fully saturated rings. The van der Waals surface area contributed by atoms with Crippen LogP contribution in [0, 0.1) is 17.4 Å². The number of benzene rings is 1. The van der Waals surface area contributed by atoms with Crippen LogP contribution in [-0.4, -0.2) is 9.86 Å². The van der Waals surface area contributed by atoms with Gasteiger partial charge in [0.25, 0.3) is 0 Å². The molecule has 0 N–H and O–H groups in total. The van der Waals surface area contributed by atoms with Gasteiger partial charge in [0.15, 0.2) is 0 Å². The molecule has 1 aromatic rings. The van der Waals surface area contributed by atoms with Crippen molar-refractivity contribution in [2.75, 3.05) is 9.86 Å². The first-order valence-electron chi connectivity index (χ1n) is 3.69. The summed E-state index contributed by atoms with van der Waals surface area (Å²) in [6, 6.07) is 6.59. The Bertz CT molecular complexity index is 231. The molecule has 11 heavy (non-hydrogen) atoms. The van der Waals surface area contributed by atoms with Gasteiger partial charge in [0.2, 0.25) is 0 Å². The summed E-state index contributed by atoms with van der Waals surface area (Å²) in [4.78, 5) is 4.80. The molecule has 0 bridgehead atoms. The average Bonchev–Trinajstić information content (AvgIpc) is 1.85. The molecule has 62 valence electrons. The maximum absolute atomic E-state index is 2.40. The molecule has 0 aliphatic heterocycles. The SMILES string of the molecule is Cc1cccc(C)c1I(C)C. The first-order chi connectivity index (χ1) is 5.13. The van der Waals surface area contributed by atoms with Gasteiger partial charge in [0.05, 0.1) is 0 Å². The zero-order chi connectivity index (χ0) is 8.43. The van der Waals surface area contributed by atoms with Crippen LogP contribution in [0.3, 0.4) is 0 Å². The van der Waals surface area contributed by atoms with Gasteiger partial charge in [0.1, 0.15) is 0 Å². The van der Waals surface area contributed by atoms with E-state index in [1.165, 1.54) is 11.1 Å². The fourth-order valence-electron chi connectivity index (χ4n) is 1.39. The summed E-state index contributed by atoms with van der Waals surface area (Å²) in [5, 5.41) is 0. The molecular weight excluding hydrogens is 247 g/mol. The first kappa shape index (κ1) is 9.04. The number of aryl methyl sites for hydroxylation is 2. The van der Waals surface area contributed by atoms with Gasteiger partial charge in [0, 0.05) is 0 Å². The van der Waals surface area contributed by atoms with Crippen molar-refractivity contribution >= 4 is 19.8 Å². The van der Waals surface area contributed by atoms with Crippen molar-refractivity contribution in [3.63, 3.8) is 0 Å². The molecule has 0 aliphatic rings. The number of hydrogen-bond acceptors (Lipinski definition) is 0. The second-order valence-electron chi connectivity index (χ2n) is 2.96. The molecule has 0 unspecified atom stereocenters. The Kier molecular flexibility index (Phi) is 2.93. The van der Waals surface area contributed by atoms with Crippen LogP contribution in [0.2, 0.25) is 0 Å². The second kappa shape index (κ2) is 3.57. The molecule has 1 heteroatoms. The molecule has 0 amide bonds. The first-order valence-corrected chi connectivity index (χ1v) is 9.08. The Hall–Kier alpha value is -0.0500. The third-order valence-electron chi connectivity index (χ3n) is 1.76. The van der Waals surface area contributed by atoms with Crippen LogP contribution in [0.5, 0.6) is 0 Å². The van der Waals surface area contributed by atoms with Crippen LogP contribution in [0.15, 0.2) is 18.2 Å². The van der Waals surface area contributed by atoms with Gasteiger partial charge in [-0.15, -0.1) is 0 Å². The van der Waals surface area contributed by atoms with Crippen molar-refractivity contribution < 1.29 is 0 Å². The van der Waals surface area contributed by atoms with E-state index < -0.39 is 19.8 Å². The van der Waals surface area contributed by atoms with E-state index in [0.717, 1.165) is 0 Å². The molecule has 1 aromatic carbocycles. The van der Waals surface area contributed by atoms with E-state index in [-0.39, 0.29) is 0 Å². The van der Waals surface area contributed by atoms with Gasteiger partial charge >= 0.3 is 76.4 Å². The Morgan fingerprint density at radius 2 is 1.45 bits per heavy atom. The molecular formula is C10H15I. The predicted octanol–water partition coefficient (Wildman–Crippen LogP) is 3.24. The summed E-state index contributed by atoms with van der Waals surface area (Å²) in [6.45, 7) is 4.44. The van der Waals surface area contributed by atoms with Crippen LogP contribution < -0.4 is 0 Å². The minimum atomic E-state index is -0.768. The predicted molar refractivity (Wildman–Crippen MR) is 60.5 cm³/mol. The summed E-state index contributed by atoms with van der Waals surface area (Å²) in [5.41, 5.74) is 2.97. The van der Waals surface area contributed by atoms with Crippen LogP contribution in [0.4, 0.5) is 0 Å². The summed E-state index contributed by atoms with van der Waals surface area (Å²) >= 11 is -0.768. The van der Waals surface area contributed by atoms with Crippen LogP contribution in [0.1, 0.15) is 11.1 Å². The molecule has 0 nitrogen and oxygen atoms in total. The van der Waals surface area contributed by atoms with Crippen molar-refractivity contribution in [3.8, 4) is 0 Å². The number of hydrogen-bond donors (Lipinski definition) is 0. The molecule has 0 aromatic heterocycles. The molecule has 0 saturated carbocycles. The van der Waals surface area contributed by atoms with E-state index in [1.54, 1.807) is 3.57 Å². The maximum atomic E-state index is 2.40. The quantitative estimate of drug-likeness (QED) is 0.538. The van der Waals surface area contributed by atoms with Crippen molar-refractivity contribution in [2.24, 2.45) is 0 Å². The van der Waals surface area contributed by atoms with Gasteiger partial charge in [-0.2, -0.15) is 0 Å². The Morgan fingerprint density at radius 3 is 1.73 bits per heavy atom. The number of halogens is 1. The average molecular weight is 262 g/mol. The summed E-state index contributed by atoms with van der Waals surface area (Å²) < 4.78 is 1.66. The third-order valence-corrected chi connectivity index (χ3v) is 5.62. The van der Waals surface area contributed by atoms with Crippen LogP contribution >= 0.6 is 19.8 Å². The molecule has 0 spiro atoms. The van der Waals surface area contributed by atoms with E-state index in [2.05, 4.69) is 41.9 Å². The van der Waals surface area contributed by atoms with Crippen molar-refractivity contribution in [2.45, 2.75) is 13.8 Å². The van der Waals surface area contributed by atoms with Gasteiger partial charge < -0.3 is 0 Å². The number of rotatable bonds is 1. The van der Waals surface area contributed by atoms with E-state index in [4.69, 9.17) is 0 Å². The van der Waals surface area contributed by atoms with Crippen LogP contribution in [-0.2, 0) is 0 Å². The fraction of sp³-hybridized carbons (Fsp3) is 0.400. The number of alkyl halides is 2. The standard InChI is InChI=1S/C10H15I/c1-8-6-5-7-9(2)10(8)11(3)4/h5-7H,1-4H3. The fourth-order valence-corrected chi connectivity index (χ4v) is 5.15. The van der Waals surface area contributed by atoms with E-state index >= 15 is 0 Å². The van der Waals surface area contributed by atoms with Crippen molar-refractivity contribution in [3.05, 3.63) is 32.9 Å². The third kappa shape index (κ3) is 1.95. The summed E-state index contributed by atoms with van der Waals surface area (Å²) in [6.07, 6.45) is 0. The van der Waals surface area contributed by atoms with E-state index in [0.29, 0.717) is 0 Å². The Morgan fingerprint density at radius 1 is 1.00 bits per heavy atom. The van der Waals surface area contributed by atoms with Crippen LogP contribution in [0.25, 0.3) is 0 Å². The molecule has 0 heterocycles. The van der Waals surface area contributed by atoms with Crippen molar-refractivity contribution in [1.82, 2.24) is 0 Å². The molecule has 1 rings (SSSR count). The monoisotopic (exact) mass is 262 g/mol.